The number of methoxy groups -OCH3 is 2. The molecule has 0 unspecified atom stereocenters. The van der Waals surface area contributed by atoms with E-state index in [1.165, 1.54) is 26.4 Å². The van der Waals surface area contributed by atoms with Crippen LogP contribution in [0.15, 0.2) is 12.1 Å². The summed E-state index contributed by atoms with van der Waals surface area (Å²) in [6, 6.07) is 4.73. The summed E-state index contributed by atoms with van der Waals surface area (Å²) in [6.45, 7) is 4.14. The number of benzene rings is 1. The van der Waals surface area contributed by atoms with Crippen LogP contribution in [0.5, 0.6) is 11.5 Å². The molecule has 10 heteroatoms. The minimum Gasteiger partial charge on any atom is -0.493 e. The lowest BCUT2D eigenvalue weighted by Gasteiger charge is -2.31. The maximum Gasteiger partial charge on any atom is 0.290 e. The Hall–Kier alpha value is -3.87. The van der Waals surface area contributed by atoms with Gasteiger partial charge in [0.05, 0.1) is 19.9 Å². The number of carboxylic acid groups (broad SMARTS) is 1. The summed E-state index contributed by atoms with van der Waals surface area (Å²) in [6.07, 6.45) is 0.478. The highest BCUT2D eigenvalue weighted by Crippen LogP contribution is 2.40. The van der Waals surface area contributed by atoms with Crippen LogP contribution >= 0.6 is 0 Å². The van der Waals surface area contributed by atoms with E-state index in [9.17, 15) is 10.1 Å². The Labute approximate surface area is 185 Å². The summed E-state index contributed by atoms with van der Waals surface area (Å²) in [4.78, 5) is 27.0. The van der Waals surface area contributed by atoms with Gasteiger partial charge < -0.3 is 25.2 Å². The van der Waals surface area contributed by atoms with Crippen LogP contribution < -0.4 is 15.2 Å². The van der Waals surface area contributed by atoms with Gasteiger partial charge in [-0.1, -0.05) is 13.8 Å². The summed E-state index contributed by atoms with van der Waals surface area (Å²) in [7, 11) is 2.86. The second-order valence-corrected chi connectivity index (χ2v) is 7.24. The van der Waals surface area contributed by atoms with Crippen molar-refractivity contribution in [2.24, 2.45) is 5.92 Å². The molecule has 32 heavy (non-hydrogen) atoms. The van der Waals surface area contributed by atoms with Crippen LogP contribution in [0.4, 0.5) is 10.2 Å². The Kier molecular flexibility index (Phi) is 7.96. The number of nitrogen functional groups attached to an aromatic ring is 1. The summed E-state index contributed by atoms with van der Waals surface area (Å²) in [5.41, 5.74) is 7.89. The fraction of sp³-hybridized carbons (Fsp3) is 0.364. The second-order valence-electron chi connectivity index (χ2n) is 7.24. The molecule has 0 fully saturated rings. The number of carbonyl (C=O) groups is 2. The molecule has 0 aliphatic carbocycles. The molecule has 0 atom stereocenters. The van der Waals surface area contributed by atoms with Gasteiger partial charge >= 0.3 is 0 Å². The molecule has 1 aromatic carbocycles. The first kappa shape index (κ1) is 24.4. The van der Waals surface area contributed by atoms with Gasteiger partial charge in [-0.25, -0.2) is 9.37 Å². The van der Waals surface area contributed by atoms with E-state index in [-0.39, 0.29) is 47.5 Å². The number of ether oxygens (including phenoxy) is 2. The van der Waals surface area contributed by atoms with Gasteiger partial charge in [-0.3, -0.25) is 9.59 Å². The summed E-state index contributed by atoms with van der Waals surface area (Å²) in [5.74, 6) is -0.166. The molecule has 0 radical (unpaired) electrons. The van der Waals surface area contributed by atoms with E-state index in [2.05, 4.69) is 4.98 Å². The van der Waals surface area contributed by atoms with Crippen molar-refractivity contribution in [1.29, 1.82) is 5.26 Å². The van der Waals surface area contributed by atoms with E-state index in [4.69, 9.17) is 25.1 Å². The van der Waals surface area contributed by atoms with Crippen molar-refractivity contribution in [1.82, 2.24) is 9.88 Å². The van der Waals surface area contributed by atoms with E-state index in [0.717, 1.165) is 0 Å². The molecule has 0 bridgehead atoms. The third-order valence-corrected chi connectivity index (χ3v) is 5.04. The number of nitrogens with zero attached hydrogens (tertiary/aromatic N) is 3. The van der Waals surface area contributed by atoms with Crippen LogP contribution in [0.25, 0.3) is 11.1 Å². The molecule has 3 N–H and O–H groups in total. The number of amides is 1. The lowest BCUT2D eigenvalue weighted by molar-refractivity contribution is -0.135. The first-order chi connectivity index (χ1) is 15.2. The predicted molar refractivity (Wildman–Crippen MR) is 115 cm³/mol. The molecule has 2 aromatic rings. The Morgan fingerprint density at radius 3 is 2.47 bits per heavy atom. The van der Waals surface area contributed by atoms with Gasteiger partial charge in [-0.2, -0.15) is 5.26 Å². The van der Waals surface area contributed by atoms with Crippen LogP contribution in [0.1, 0.15) is 30.7 Å². The molecular formula is C22H25FN4O5. The third-order valence-electron chi connectivity index (χ3n) is 5.04. The fourth-order valence-electron chi connectivity index (χ4n) is 3.59. The zero-order valence-electron chi connectivity index (χ0n) is 18.3. The van der Waals surface area contributed by atoms with Crippen molar-refractivity contribution >= 4 is 18.2 Å². The van der Waals surface area contributed by atoms with Gasteiger partial charge in [-0.15, -0.1) is 0 Å². The number of anilines is 1. The van der Waals surface area contributed by atoms with Gasteiger partial charge in [0.1, 0.15) is 23.3 Å². The van der Waals surface area contributed by atoms with Crippen LogP contribution in [-0.4, -0.2) is 48.1 Å². The maximum absolute atomic E-state index is 15.1. The molecule has 0 saturated heterocycles. The Morgan fingerprint density at radius 2 is 1.94 bits per heavy atom. The molecule has 9 nitrogen and oxygen atoms in total. The molecule has 1 aliphatic heterocycles. The van der Waals surface area contributed by atoms with Crippen molar-refractivity contribution in [2.45, 2.75) is 26.8 Å². The number of pyridine rings is 1. The predicted octanol–water partition coefficient (Wildman–Crippen LogP) is 2.60. The highest BCUT2D eigenvalue weighted by Gasteiger charge is 2.30. The Bertz CT molecular complexity index is 1070. The van der Waals surface area contributed by atoms with E-state index in [0.29, 0.717) is 35.5 Å². The number of rotatable bonds is 4. The van der Waals surface area contributed by atoms with Crippen molar-refractivity contribution < 1.29 is 28.6 Å². The summed E-state index contributed by atoms with van der Waals surface area (Å²) < 4.78 is 25.5. The number of halogens is 1. The molecule has 1 amide bonds. The van der Waals surface area contributed by atoms with Gasteiger partial charge in [0.2, 0.25) is 5.91 Å². The number of fused-ring (bicyclic) bond motifs is 1. The zero-order chi connectivity index (χ0) is 24.0. The van der Waals surface area contributed by atoms with E-state index < -0.39 is 5.82 Å². The third kappa shape index (κ3) is 4.72. The van der Waals surface area contributed by atoms with Crippen LogP contribution in [0, 0.1) is 23.1 Å². The molecule has 0 spiro atoms. The number of hydrogen-bond donors (Lipinski definition) is 2. The van der Waals surface area contributed by atoms with Gasteiger partial charge in [-0.05, 0) is 6.07 Å². The zero-order valence-corrected chi connectivity index (χ0v) is 18.3. The van der Waals surface area contributed by atoms with Crippen molar-refractivity contribution in [3.8, 4) is 28.7 Å². The minimum absolute atomic E-state index is 0.00952. The molecule has 1 aliphatic rings. The minimum atomic E-state index is -0.584. The van der Waals surface area contributed by atoms with Gasteiger partial charge in [0.15, 0.2) is 11.5 Å². The molecular weight excluding hydrogens is 419 g/mol. The second kappa shape index (κ2) is 10.4. The van der Waals surface area contributed by atoms with Crippen molar-refractivity contribution in [3.05, 3.63) is 34.8 Å². The first-order valence-corrected chi connectivity index (χ1v) is 9.73. The lowest BCUT2D eigenvalue weighted by Crippen LogP contribution is -2.39. The van der Waals surface area contributed by atoms with E-state index >= 15 is 4.39 Å². The molecule has 0 saturated carbocycles. The highest BCUT2D eigenvalue weighted by molar-refractivity contribution is 5.83. The Morgan fingerprint density at radius 1 is 1.34 bits per heavy atom. The van der Waals surface area contributed by atoms with Gasteiger partial charge in [0.25, 0.3) is 6.47 Å². The normalized spacial score (nSPS) is 12.2. The number of hydrogen-bond acceptors (Lipinski definition) is 7. The Balaban J connectivity index is 0.00000114. The van der Waals surface area contributed by atoms with Crippen molar-refractivity contribution in [3.63, 3.8) is 0 Å². The molecule has 2 heterocycles. The van der Waals surface area contributed by atoms with E-state index in [1.807, 2.05) is 19.9 Å². The molecule has 170 valence electrons. The maximum atomic E-state index is 15.1. The number of carbonyl (C=O) groups excluding carboxylic acids is 1. The topological polar surface area (TPSA) is 139 Å². The first-order valence-electron chi connectivity index (χ1n) is 9.73. The smallest absolute Gasteiger partial charge is 0.290 e. The average molecular weight is 444 g/mol. The molecule has 3 rings (SSSR count). The lowest BCUT2D eigenvalue weighted by atomic mass is 9.90. The fourth-order valence-corrected chi connectivity index (χ4v) is 3.59. The largest absolute Gasteiger partial charge is 0.493 e. The average Bonchev–Trinajstić information content (AvgIpc) is 2.77. The molecule has 1 aromatic heterocycles. The van der Waals surface area contributed by atoms with Crippen molar-refractivity contribution in [2.75, 3.05) is 26.5 Å². The van der Waals surface area contributed by atoms with Crippen LogP contribution in [-0.2, 0) is 22.6 Å². The van der Waals surface area contributed by atoms with E-state index in [1.54, 1.807) is 4.90 Å². The van der Waals surface area contributed by atoms with Crippen LogP contribution in [0.3, 0.4) is 0 Å². The van der Waals surface area contributed by atoms with Gasteiger partial charge in [0, 0.05) is 48.2 Å². The highest BCUT2D eigenvalue weighted by atomic mass is 19.1. The summed E-state index contributed by atoms with van der Waals surface area (Å²) >= 11 is 0. The SMILES string of the molecule is COc1cc(F)c(-c2c(C#N)c(N)nc3c2CN(C(=O)C(C)C)CC3)cc1OC.O=CO. The monoisotopic (exact) mass is 444 g/mol. The van der Waals surface area contributed by atoms with Crippen LogP contribution in [0.2, 0.25) is 0 Å². The number of aromatic nitrogens is 1. The number of nitriles is 1. The standard InChI is InChI=1S/C21H23FN4O3.CH2O2/c1-11(2)21(27)26-6-5-16-14(10-26)19(13(9-23)20(24)25-16)12-7-17(28-3)18(29-4)8-15(12)22;2-1-3/h7-8,11H,5-6,10H2,1-4H3,(H2,24,25);1H,(H,2,3). The quantitative estimate of drug-likeness (QED) is 0.686. The summed E-state index contributed by atoms with van der Waals surface area (Å²) in [5, 5.41) is 16.6. The number of nitrogens with two attached hydrogens (primary N) is 1.